The van der Waals surface area contributed by atoms with Gasteiger partial charge in [-0.15, -0.1) is 0 Å². The van der Waals surface area contributed by atoms with Crippen LogP contribution in [0.1, 0.15) is 37.7 Å². The fourth-order valence-electron chi connectivity index (χ4n) is 4.19. The number of guanidine groups is 1. The minimum atomic E-state index is 0.0202. The van der Waals surface area contributed by atoms with E-state index in [0.29, 0.717) is 12.0 Å². The van der Waals surface area contributed by atoms with Gasteiger partial charge in [0, 0.05) is 26.7 Å². The molecule has 1 saturated carbocycles. The van der Waals surface area contributed by atoms with Crippen molar-refractivity contribution in [2.24, 2.45) is 10.4 Å². The zero-order valence-corrected chi connectivity index (χ0v) is 15.3. The molecule has 1 aliphatic carbocycles. The number of hydrogen-bond donors (Lipinski definition) is 2. The maximum Gasteiger partial charge on any atom is 0.239 e. The minimum absolute atomic E-state index is 0.0202. The Balaban J connectivity index is 1.38. The highest BCUT2D eigenvalue weighted by Crippen LogP contribution is 2.45. The lowest BCUT2D eigenvalue weighted by atomic mass is 9.86. The van der Waals surface area contributed by atoms with E-state index in [1.165, 1.54) is 37.7 Å². The molecule has 1 amide bonds. The van der Waals surface area contributed by atoms with E-state index in [9.17, 15) is 4.79 Å². The molecule has 2 fully saturated rings. The molecule has 3 rings (SSSR count). The number of carbonyl (C=O) groups is 1. The Hall–Kier alpha value is -2.04. The SMILES string of the molecule is CN=C(NCC(=O)NCCc1ccccc1)N1CCC2(CCCC2)C1. The van der Waals surface area contributed by atoms with Crippen molar-refractivity contribution in [1.29, 1.82) is 0 Å². The molecule has 2 N–H and O–H groups in total. The molecule has 2 aliphatic rings. The molecule has 1 aromatic rings. The van der Waals surface area contributed by atoms with Crippen LogP contribution in [0, 0.1) is 5.41 Å². The van der Waals surface area contributed by atoms with Gasteiger partial charge < -0.3 is 15.5 Å². The maximum absolute atomic E-state index is 12.1. The summed E-state index contributed by atoms with van der Waals surface area (Å²) in [7, 11) is 1.80. The lowest BCUT2D eigenvalue weighted by molar-refractivity contribution is -0.120. The van der Waals surface area contributed by atoms with E-state index in [1.54, 1.807) is 7.05 Å². The van der Waals surface area contributed by atoms with Crippen LogP contribution in [0.25, 0.3) is 0 Å². The maximum atomic E-state index is 12.1. The van der Waals surface area contributed by atoms with E-state index in [0.717, 1.165) is 25.5 Å². The first-order chi connectivity index (χ1) is 12.2. The summed E-state index contributed by atoms with van der Waals surface area (Å²) in [5.74, 6) is 0.883. The van der Waals surface area contributed by atoms with Crippen LogP contribution in [-0.4, -0.2) is 50.0 Å². The molecule has 0 bridgehead atoms. The third-order valence-electron chi connectivity index (χ3n) is 5.60. The predicted molar refractivity (Wildman–Crippen MR) is 102 cm³/mol. The van der Waals surface area contributed by atoms with Gasteiger partial charge in [-0.05, 0) is 36.7 Å². The second-order valence-electron chi connectivity index (χ2n) is 7.36. The van der Waals surface area contributed by atoms with Crippen molar-refractivity contribution < 1.29 is 4.79 Å². The molecular formula is C20H30N4O. The highest BCUT2D eigenvalue weighted by molar-refractivity contribution is 5.86. The standard InChI is InChI=1S/C20H30N4O/c1-21-19(24-14-12-20(16-24)10-5-6-11-20)23-15-18(25)22-13-9-17-7-3-2-4-8-17/h2-4,7-8H,5-6,9-16H2,1H3,(H,21,23)(H,22,25). The summed E-state index contributed by atoms with van der Waals surface area (Å²) in [4.78, 5) is 18.8. The molecular weight excluding hydrogens is 312 g/mol. The van der Waals surface area contributed by atoms with Gasteiger partial charge in [0.25, 0.3) is 0 Å². The lowest BCUT2D eigenvalue weighted by Gasteiger charge is -2.25. The highest BCUT2D eigenvalue weighted by atomic mass is 16.1. The van der Waals surface area contributed by atoms with E-state index >= 15 is 0 Å². The molecule has 5 heteroatoms. The van der Waals surface area contributed by atoms with Crippen molar-refractivity contribution in [2.75, 3.05) is 33.2 Å². The van der Waals surface area contributed by atoms with Crippen molar-refractivity contribution in [3.8, 4) is 0 Å². The summed E-state index contributed by atoms with van der Waals surface area (Å²) in [6.07, 6.45) is 7.54. The predicted octanol–water partition coefficient (Wildman–Crippen LogP) is 2.19. The van der Waals surface area contributed by atoms with Gasteiger partial charge in [-0.3, -0.25) is 9.79 Å². The Morgan fingerprint density at radius 3 is 2.64 bits per heavy atom. The van der Waals surface area contributed by atoms with Crippen LogP contribution in [0.2, 0.25) is 0 Å². The molecule has 25 heavy (non-hydrogen) atoms. The number of nitrogens with zero attached hydrogens (tertiary/aromatic N) is 2. The molecule has 1 saturated heterocycles. The molecule has 0 unspecified atom stereocenters. The topological polar surface area (TPSA) is 56.7 Å². The Kier molecular flexibility index (Phi) is 5.95. The number of benzene rings is 1. The van der Waals surface area contributed by atoms with Crippen molar-refractivity contribution in [3.05, 3.63) is 35.9 Å². The number of rotatable bonds is 5. The van der Waals surface area contributed by atoms with E-state index in [4.69, 9.17) is 0 Å². The Morgan fingerprint density at radius 2 is 1.92 bits per heavy atom. The fourth-order valence-corrected chi connectivity index (χ4v) is 4.19. The number of amides is 1. The number of carbonyl (C=O) groups excluding carboxylic acids is 1. The molecule has 1 aromatic carbocycles. The van der Waals surface area contributed by atoms with E-state index in [1.807, 2.05) is 18.2 Å². The Labute approximate surface area is 150 Å². The van der Waals surface area contributed by atoms with E-state index < -0.39 is 0 Å². The number of hydrogen-bond acceptors (Lipinski definition) is 2. The molecule has 1 aliphatic heterocycles. The van der Waals surface area contributed by atoms with Gasteiger partial charge in [0.1, 0.15) is 0 Å². The van der Waals surface area contributed by atoms with Gasteiger partial charge in [0.2, 0.25) is 5.91 Å². The summed E-state index contributed by atoms with van der Waals surface area (Å²) in [5.41, 5.74) is 1.75. The third kappa shape index (κ3) is 4.74. The zero-order chi connectivity index (χ0) is 17.5. The molecule has 136 valence electrons. The number of aliphatic imine (C=N–C) groups is 1. The third-order valence-corrected chi connectivity index (χ3v) is 5.60. The number of likely N-dealkylation sites (tertiary alicyclic amines) is 1. The fraction of sp³-hybridized carbons (Fsp3) is 0.600. The van der Waals surface area contributed by atoms with Crippen LogP contribution in [0.15, 0.2) is 35.3 Å². The zero-order valence-electron chi connectivity index (χ0n) is 15.3. The average Bonchev–Trinajstić information content (AvgIpc) is 3.27. The van der Waals surface area contributed by atoms with Gasteiger partial charge in [0.15, 0.2) is 5.96 Å². The van der Waals surface area contributed by atoms with Crippen molar-refractivity contribution in [1.82, 2.24) is 15.5 Å². The molecule has 0 atom stereocenters. The normalized spacial score (nSPS) is 19.4. The van der Waals surface area contributed by atoms with Crippen LogP contribution in [0.3, 0.4) is 0 Å². The first kappa shape index (κ1) is 17.8. The smallest absolute Gasteiger partial charge is 0.239 e. The molecule has 0 aromatic heterocycles. The first-order valence-corrected chi connectivity index (χ1v) is 9.47. The Bertz CT molecular complexity index is 593. The monoisotopic (exact) mass is 342 g/mol. The number of nitrogens with one attached hydrogen (secondary N) is 2. The quantitative estimate of drug-likeness (QED) is 0.637. The second kappa shape index (κ2) is 8.37. The molecule has 0 radical (unpaired) electrons. The summed E-state index contributed by atoms with van der Waals surface area (Å²) < 4.78 is 0. The van der Waals surface area contributed by atoms with E-state index in [-0.39, 0.29) is 12.5 Å². The molecule has 1 heterocycles. The molecule has 1 spiro atoms. The van der Waals surface area contributed by atoms with Gasteiger partial charge in [-0.2, -0.15) is 0 Å². The molecule has 5 nitrogen and oxygen atoms in total. The second-order valence-corrected chi connectivity index (χ2v) is 7.36. The van der Waals surface area contributed by atoms with E-state index in [2.05, 4.69) is 32.7 Å². The van der Waals surface area contributed by atoms with Crippen LogP contribution in [0.5, 0.6) is 0 Å². The van der Waals surface area contributed by atoms with Gasteiger partial charge in [0.05, 0.1) is 6.54 Å². The lowest BCUT2D eigenvalue weighted by Crippen LogP contribution is -2.45. The minimum Gasteiger partial charge on any atom is -0.354 e. The summed E-state index contributed by atoms with van der Waals surface area (Å²) in [6, 6.07) is 10.2. The van der Waals surface area contributed by atoms with Crippen molar-refractivity contribution in [3.63, 3.8) is 0 Å². The summed E-state index contributed by atoms with van der Waals surface area (Å²) >= 11 is 0. The summed E-state index contributed by atoms with van der Waals surface area (Å²) in [6.45, 7) is 3.08. The van der Waals surface area contributed by atoms with Crippen molar-refractivity contribution in [2.45, 2.75) is 38.5 Å². The van der Waals surface area contributed by atoms with Gasteiger partial charge >= 0.3 is 0 Å². The average molecular weight is 342 g/mol. The van der Waals surface area contributed by atoms with Gasteiger partial charge in [-0.1, -0.05) is 43.2 Å². The van der Waals surface area contributed by atoms with Gasteiger partial charge in [-0.25, -0.2) is 0 Å². The Morgan fingerprint density at radius 1 is 1.16 bits per heavy atom. The van der Waals surface area contributed by atoms with Crippen LogP contribution < -0.4 is 10.6 Å². The van der Waals surface area contributed by atoms with Crippen LogP contribution in [-0.2, 0) is 11.2 Å². The first-order valence-electron chi connectivity index (χ1n) is 9.47. The van der Waals surface area contributed by atoms with Crippen LogP contribution in [0.4, 0.5) is 0 Å². The van der Waals surface area contributed by atoms with Crippen molar-refractivity contribution >= 4 is 11.9 Å². The largest absolute Gasteiger partial charge is 0.354 e. The van der Waals surface area contributed by atoms with Crippen LogP contribution >= 0.6 is 0 Å². The highest BCUT2D eigenvalue weighted by Gasteiger charge is 2.41. The summed E-state index contributed by atoms with van der Waals surface area (Å²) in [5, 5.41) is 6.20.